The van der Waals surface area contributed by atoms with Crippen molar-refractivity contribution in [2.75, 3.05) is 11.1 Å². The van der Waals surface area contributed by atoms with Crippen LogP contribution in [-0.4, -0.2) is 24.3 Å². The van der Waals surface area contributed by atoms with Gasteiger partial charge in [0.25, 0.3) is 5.91 Å². The molecule has 1 amide bonds. The lowest BCUT2D eigenvalue weighted by Gasteiger charge is -2.05. The third-order valence-corrected chi connectivity index (χ3v) is 3.26. The van der Waals surface area contributed by atoms with Crippen molar-refractivity contribution in [1.29, 1.82) is 0 Å². The number of nitrogens with one attached hydrogen (secondary N) is 1. The summed E-state index contributed by atoms with van der Waals surface area (Å²) in [5.41, 5.74) is 5.87. The average Bonchev–Trinajstić information content (AvgIpc) is 2.38. The van der Waals surface area contributed by atoms with E-state index in [1.165, 1.54) is 36.7 Å². The van der Waals surface area contributed by atoms with Gasteiger partial charge in [-0.3, -0.25) is 9.78 Å². The number of carbonyl (C=O) groups is 1. The van der Waals surface area contributed by atoms with Gasteiger partial charge in [-0.15, -0.1) is 0 Å². The molecule has 0 saturated carbocycles. The maximum atomic E-state index is 11.8. The lowest BCUT2D eigenvalue weighted by molar-refractivity contribution is 0.102. The molecule has 1 aromatic heterocycles. The van der Waals surface area contributed by atoms with Crippen LogP contribution in [0.3, 0.4) is 0 Å². The molecular formula is C11H11N5O3S. The molecule has 0 spiro atoms. The molecule has 5 N–H and O–H groups in total. The fourth-order valence-electron chi connectivity index (χ4n) is 1.41. The lowest BCUT2D eigenvalue weighted by atomic mass is 10.3. The molecule has 2 aromatic rings. The SMILES string of the molecule is Nc1cncc(C(=O)Nc2ccc(S(N)(=O)=O)cc2)n1. The maximum Gasteiger partial charge on any atom is 0.275 e. The van der Waals surface area contributed by atoms with Crippen molar-refractivity contribution in [2.45, 2.75) is 4.90 Å². The highest BCUT2D eigenvalue weighted by atomic mass is 32.2. The first-order valence-electron chi connectivity index (χ1n) is 5.38. The minimum Gasteiger partial charge on any atom is -0.382 e. The van der Waals surface area contributed by atoms with E-state index in [2.05, 4.69) is 15.3 Å². The van der Waals surface area contributed by atoms with Crippen LogP contribution in [0.4, 0.5) is 11.5 Å². The van der Waals surface area contributed by atoms with E-state index in [1.54, 1.807) is 0 Å². The molecule has 9 heteroatoms. The predicted octanol–water partition coefficient (Wildman–Crippen LogP) is -0.0415. The molecule has 0 unspecified atom stereocenters. The number of amides is 1. The summed E-state index contributed by atoms with van der Waals surface area (Å²) in [6.45, 7) is 0. The van der Waals surface area contributed by atoms with Gasteiger partial charge >= 0.3 is 0 Å². The fourth-order valence-corrected chi connectivity index (χ4v) is 1.93. The highest BCUT2D eigenvalue weighted by Crippen LogP contribution is 2.13. The minimum absolute atomic E-state index is 0.0424. The molecule has 0 aliphatic heterocycles. The Hall–Kier alpha value is -2.52. The lowest BCUT2D eigenvalue weighted by Crippen LogP contribution is -2.15. The number of nitrogens with two attached hydrogens (primary N) is 2. The monoisotopic (exact) mass is 293 g/mol. The summed E-state index contributed by atoms with van der Waals surface area (Å²) >= 11 is 0. The van der Waals surface area contributed by atoms with Crippen LogP contribution < -0.4 is 16.2 Å². The molecule has 0 saturated heterocycles. The Morgan fingerprint density at radius 3 is 2.35 bits per heavy atom. The Labute approximate surface area is 114 Å². The molecule has 8 nitrogen and oxygen atoms in total. The summed E-state index contributed by atoms with van der Waals surface area (Å²) in [4.78, 5) is 19.4. The number of sulfonamides is 1. The minimum atomic E-state index is -3.76. The number of nitrogen functional groups attached to an aromatic ring is 1. The molecule has 1 aromatic carbocycles. The number of benzene rings is 1. The van der Waals surface area contributed by atoms with Gasteiger partial charge in [0.1, 0.15) is 11.5 Å². The number of anilines is 2. The zero-order valence-electron chi connectivity index (χ0n) is 10.1. The van der Waals surface area contributed by atoms with Crippen LogP contribution in [0.25, 0.3) is 0 Å². The van der Waals surface area contributed by atoms with Crippen LogP contribution in [0.15, 0.2) is 41.6 Å². The summed E-state index contributed by atoms with van der Waals surface area (Å²) in [6, 6.07) is 5.40. The second-order valence-corrected chi connectivity index (χ2v) is 5.41. The topological polar surface area (TPSA) is 141 Å². The first-order chi connectivity index (χ1) is 9.36. The van der Waals surface area contributed by atoms with Gasteiger partial charge in [0.15, 0.2) is 0 Å². The van der Waals surface area contributed by atoms with Crippen LogP contribution in [0.5, 0.6) is 0 Å². The standard InChI is InChI=1S/C11H11N5O3S/c12-10-6-14-5-9(16-10)11(17)15-7-1-3-8(4-2-7)20(13,18)19/h1-6H,(H2,12,16)(H,15,17)(H2,13,18,19). The molecule has 1 heterocycles. The summed E-state index contributed by atoms with van der Waals surface area (Å²) in [7, 11) is -3.76. The van der Waals surface area contributed by atoms with Crippen LogP contribution in [-0.2, 0) is 10.0 Å². The van der Waals surface area contributed by atoms with Crippen LogP contribution >= 0.6 is 0 Å². The Morgan fingerprint density at radius 2 is 1.80 bits per heavy atom. The summed E-state index contributed by atoms with van der Waals surface area (Å²) < 4.78 is 22.2. The number of rotatable bonds is 3. The highest BCUT2D eigenvalue weighted by molar-refractivity contribution is 7.89. The number of carbonyl (C=O) groups excluding carboxylic acids is 1. The third-order valence-electron chi connectivity index (χ3n) is 2.33. The fraction of sp³-hybridized carbons (Fsp3) is 0. The highest BCUT2D eigenvalue weighted by Gasteiger charge is 2.10. The van der Waals surface area contributed by atoms with E-state index in [9.17, 15) is 13.2 Å². The number of primary sulfonamides is 1. The first-order valence-corrected chi connectivity index (χ1v) is 6.92. The van der Waals surface area contributed by atoms with E-state index in [1.807, 2.05) is 0 Å². The Morgan fingerprint density at radius 1 is 1.15 bits per heavy atom. The van der Waals surface area contributed by atoms with Crippen LogP contribution in [0.1, 0.15) is 10.5 Å². The quantitative estimate of drug-likeness (QED) is 0.725. The first kappa shape index (κ1) is 13.9. The molecule has 0 radical (unpaired) electrons. The van der Waals surface area contributed by atoms with Crippen LogP contribution in [0.2, 0.25) is 0 Å². The van der Waals surface area contributed by atoms with Crippen molar-refractivity contribution in [3.63, 3.8) is 0 Å². The molecule has 2 rings (SSSR count). The van der Waals surface area contributed by atoms with Crippen molar-refractivity contribution < 1.29 is 13.2 Å². The summed E-state index contributed by atoms with van der Waals surface area (Å²) in [5.74, 6) is -0.379. The van der Waals surface area contributed by atoms with Gasteiger partial charge in [-0.1, -0.05) is 0 Å². The number of hydrogen-bond donors (Lipinski definition) is 3. The largest absolute Gasteiger partial charge is 0.382 e. The molecule has 0 bridgehead atoms. The Bertz CT molecular complexity index is 743. The smallest absolute Gasteiger partial charge is 0.275 e. The van der Waals surface area contributed by atoms with Crippen molar-refractivity contribution in [3.8, 4) is 0 Å². The van der Waals surface area contributed by atoms with Crippen molar-refractivity contribution >= 4 is 27.4 Å². The van der Waals surface area contributed by atoms with Crippen molar-refractivity contribution in [1.82, 2.24) is 9.97 Å². The van der Waals surface area contributed by atoms with Gasteiger partial charge < -0.3 is 11.1 Å². The molecule has 0 atom stereocenters. The predicted molar refractivity (Wildman–Crippen MR) is 72.2 cm³/mol. The van der Waals surface area contributed by atoms with E-state index < -0.39 is 15.9 Å². The molecule has 20 heavy (non-hydrogen) atoms. The maximum absolute atomic E-state index is 11.8. The van der Waals surface area contributed by atoms with E-state index in [-0.39, 0.29) is 16.4 Å². The van der Waals surface area contributed by atoms with Crippen molar-refractivity contribution in [3.05, 3.63) is 42.4 Å². The zero-order valence-corrected chi connectivity index (χ0v) is 11.0. The number of aromatic nitrogens is 2. The van der Waals surface area contributed by atoms with E-state index in [4.69, 9.17) is 10.9 Å². The molecular weight excluding hydrogens is 282 g/mol. The summed E-state index contributed by atoms with van der Waals surface area (Å²) in [5, 5.41) is 7.50. The molecule has 104 valence electrons. The van der Waals surface area contributed by atoms with Crippen LogP contribution in [0, 0.1) is 0 Å². The normalized spacial score (nSPS) is 11.1. The Balaban J connectivity index is 2.16. The van der Waals surface area contributed by atoms with Gasteiger partial charge in [0.05, 0.1) is 17.3 Å². The Kier molecular flexibility index (Phi) is 3.63. The van der Waals surface area contributed by atoms with Gasteiger partial charge in [-0.25, -0.2) is 18.5 Å². The van der Waals surface area contributed by atoms with Gasteiger partial charge in [0, 0.05) is 5.69 Å². The summed E-state index contributed by atoms with van der Waals surface area (Å²) in [6.07, 6.45) is 2.59. The zero-order chi connectivity index (χ0) is 14.8. The average molecular weight is 293 g/mol. The van der Waals surface area contributed by atoms with Gasteiger partial charge in [0.2, 0.25) is 10.0 Å². The number of hydrogen-bond acceptors (Lipinski definition) is 6. The second kappa shape index (κ2) is 5.23. The second-order valence-electron chi connectivity index (χ2n) is 3.85. The molecule has 0 aliphatic rings. The third kappa shape index (κ3) is 3.28. The van der Waals surface area contributed by atoms with Gasteiger partial charge in [-0.2, -0.15) is 0 Å². The van der Waals surface area contributed by atoms with E-state index in [0.717, 1.165) is 0 Å². The molecule has 0 aliphatic carbocycles. The van der Waals surface area contributed by atoms with E-state index >= 15 is 0 Å². The van der Waals surface area contributed by atoms with Crippen molar-refractivity contribution in [2.24, 2.45) is 5.14 Å². The number of nitrogens with zero attached hydrogens (tertiary/aromatic N) is 2. The van der Waals surface area contributed by atoms with E-state index in [0.29, 0.717) is 5.69 Å². The molecule has 0 fully saturated rings. The van der Waals surface area contributed by atoms with Gasteiger partial charge in [-0.05, 0) is 24.3 Å².